The van der Waals surface area contributed by atoms with E-state index < -0.39 is 0 Å². The molecule has 4 aromatic rings. The number of anilines is 1. The van der Waals surface area contributed by atoms with Gasteiger partial charge in [-0.05, 0) is 47.5 Å². The molecule has 0 aliphatic carbocycles. The fraction of sp³-hybridized carbons (Fsp3) is 0.138. The van der Waals surface area contributed by atoms with Crippen LogP contribution in [0.3, 0.4) is 0 Å². The average molecular weight is 465 g/mol. The molecule has 0 radical (unpaired) electrons. The number of carbonyl (C=O) groups is 2. The number of rotatable bonds is 7. The standard InChI is InChI=1S/C29H24N2O4/c32-25(20-10-12-27-21(16-20)14-15-35-27)11-13-29(34)31-28-18-22(23-8-4-5-9-26(23)33)17-24(30-28)19-6-2-1-3-7-19/h1-10,12,16-18,33H,11,13-15H2,(H,30,31,34). The van der Waals surface area contributed by atoms with Crippen molar-refractivity contribution in [2.24, 2.45) is 0 Å². The average Bonchev–Trinajstić information content (AvgIpc) is 3.36. The number of ketones is 1. The van der Waals surface area contributed by atoms with Crippen LogP contribution in [0.5, 0.6) is 11.5 Å². The van der Waals surface area contributed by atoms with E-state index in [0.29, 0.717) is 29.2 Å². The number of nitrogens with zero attached hydrogens (tertiary/aromatic N) is 1. The van der Waals surface area contributed by atoms with Crippen LogP contribution in [0, 0.1) is 0 Å². The van der Waals surface area contributed by atoms with Crippen LogP contribution in [-0.2, 0) is 11.2 Å². The molecule has 1 amide bonds. The second kappa shape index (κ2) is 9.81. The van der Waals surface area contributed by atoms with Gasteiger partial charge in [0.05, 0.1) is 12.3 Å². The predicted molar refractivity (Wildman–Crippen MR) is 135 cm³/mol. The molecule has 0 spiro atoms. The van der Waals surface area contributed by atoms with Gasteiger partial charge in [-0.15, -0.1) is 0 Å². The number of pyridine rings is 1. The molecule has 1 aliphatic rings. The van der Waals surface area contributed by atoms with Crippen LogP contribution in [-0.4, -0.2) is 28.4 Å². The van der Waals surface area contributed by atoms with Crippen LogP contribution in [0.1, 0.15) is 28.8 Å². The molecular formula is C29H24N2O4. The van der Waals surface area contributed by atoms with E-state index in [-0.39, 0.29) is 30.3 Å². The Morgan fingerprint density at radius 2 is 1.69 bits per heavy atom. The third-order valence-electron chi connectivity index (χ3n) is 5.97. The number of nitrogens with one attached hydrogen (secondary N) is 1. The molecule has 6 heteroatoms. The number of aromatic hydroxyl groups is 1. The van der Waals surface area contributed by atoms with E-state index in [1.165, 1.54) is 0 Å². The Morgan fingerprint density at radius 3 is 2.51 bits per heavy atom. The summed E-state index contributed by atoms with van der Waals surface area (Å²) >= 11 is 0. The molecule has 2 heterocycles. The van der Waals surface area contributed by atoms with Gasteiger partial charge in [-0.25, -0.2) is 4.98 Å². The van der Waals surface area contributed by atoms with Gasteiger partial charge in [0.25, 0.3) is 0 Å². The highest BCUT2D eigenvalue weighted by Gasteiger charge is 2.17. The third kappa shape index (κ3) is 5.06. The quantitative estimate of drug-likeness (QED) is 0.345. The normalized spacial score (nSPS) is 12.0. The molecule has 1 aromatic heterocycles. The summed E-state index contributed by atoms with van der Waals surface area (Å²) < 4.78 is 5.49. The molecule has 5 rings (SSSR count). The van der Waals surface area contributed by atoms with E-state index in [1.54, 1.807) is 24.3 Å². The molecule has 3 aromatic carbocycles. The number of hydrogen-bond acceptors (Lipinski definition) is 5. The number of para-hydroxylation sites is 1. The number of fused-ring (bicyclic) bond motifs is 1. The van der Waals surface area contributed by atoms with Crippen LogP contribution in [0.15, 0.2) is 84.9 Å². The lowest BCUT2D eigenvalue weighted by Gasteiger charge is -2.12. The first-order chi connectivity index (χ1) is 17.1. The minimum Gasteiger partial charge on any atom is -0.507 e. The predicted octanol–water partition coefficient (Wildman–Crippen LogP) is 5.66. The van der Waals surface area contributed by atoms with Crippen molar-refractivity contribution in [3.63, 3.8) is 0 Å². The van der Waals surface area contributed by atoms with E-state index in [9.17, 15) is 14.7 Å². The molecule has 1 aliphatic heterocycles. The second-order valence-corrected chi connectivity index (χ2v) is 8.40. The number of hydrogen-bond donors (Lipinski definition) is 2. The van der Waals surface area contributed by atoms with Gasteiger partial charge < -0.3 is 15.2 Å². The monoisotopic (exact) mass is 464 g/mol. The Hall–Kier alpha value is -4.45. The highest BCUT2D eigenvalue weighted by atomic mass is 16.5. The first-order valence-electron chi connectivity index (χ1n) is 11.5. The molecule has 35 heavy (non-hydrogen) atoms. The topological polar surface area (TPSA) is 88.5 Å². The van der Waals surface area contributed by atoms with Crippen LogP contribution in [0.4, 0.5) is 5.82 Å². The second-order valence-electron chi connectivity index (χ2n) is 8.40. The van der Waals surface area contributed by atoms with Crippen molar-refractivity contribution in [2.75, 3.05) is 11.9 Å². The summed E-state index contributed by atoms with van der Waals surface area (Å²) in [6.45, 7) is 0.632. The first kappa shape index (κ1) is 22.3. The Balaban J connectivity index is 1.34. The van der Waals surface area contributed by atoms with Crippen molar-refractivity contribution < 1.29 is 19.4 Å². The highest BCUT2D eigenvalue weighted by Crippen LogP contribution is 2.33. The summed E-state index contributed by atoms with van der Waals surface area (Å²) in [4.78, 5) is 30.0. The van der Waals surface area contributed by atoms with E-state index in [1.807, 2.05) is 60.7 Å². The number of ether oxygens (including phenoxy) is 1. The Kier molecular flexibility index (Phi) is 6.26. The largest absolute Gasteiger partial charge is 0.507 e. The highest BCUT2D eigenvalue weighted by molar-refractivity contribution is 6.00. The van der Waals surface area contributed by atoms with Crippen molar-refractivity contribution >= 4 is 17.5 Å². The van der Waals surface area contributed by atoms with Gasteiger partial charge in [-0.3, -0.25) is 9.59 Å². The fourth-order valence-corrected chi connectivity index (χ4v) is 4.16. The SMILES string of the molecule is O=C(CCC(=O)c1ccc2c(c1)CCO2)Nc1cc(-c2ccccc2O)cc(-c2ccccc2)n1. The summed E-state index contributed by atoms with van der Waals surface area (Å²) in [6, 6.07) is 25.7. The van der Waals surface area contributed by atoms with Gasteiger partial charge in [-0.1, -0.05) is 48.5 Å². The molecule has 0 saturated carbocycles. The lowest BCUT2D eigenvalue weighted by atomic mass is 10.0. The maximum Gasteiger partial charge on any atom is 0.225 e. The Labute approximate surface area is 203 Å². The van der Waals surface area contributed by atoms with Gasteiger partial charge in [0.1, 0.15) is 17.3 Å². The van der Waals surface area contributed by atoms with Crippen LogP contribution >= 0.6 is 0 Å². The van der Waals surface area contributed by atoms with Gasteiger partial charge in [0.2, 0.25) is 5.91 Å². The molecule has 0 unspecified atom stereocenters. The molecule has 0 saturated heterocycles. The van der Waals surface area contributed by atoms with Gasteiger partial charge in [-0.2, -0.15) is 0 Å². The zero-order valence-corrected chi connectivity index (χ0v) is 19.0. The van der Waals surface area contributed by atoms with E-state index in [2.05, 4.69) is 10.3 Å². The van der Waals surface area contributed by atoms with Crippen LogP contribution in [0.25, 0.3) is 22.4 Å². The zero-order chi connectivity index (χ0) is 24.2. The molecule has 0 atom stereocenters. The van der Waals surface area contributed by atoms with E-state index in [0.717, 1.165) is 28.9 Å². The van der Waals surface area contributed by atoms with Crippen molar-refractivity contribution in [2.45, 2.75) is 19.3 Å². The van der Waals surface area contributed by atoms with Crippen molar-refractivity contribution in [1.29, 1.82) is 0 Å². The van der Waals surface area contributed by atoms with Crippen molar-refractivity contribution in [3.05, 3.63) is 96.1 Å². The maximum atomic E-state index is 12.7. The number of Topliss-reactive ketones (excluding diaryl/α,β-unsaturated/α-hetero) is 1. The minimum atomic E-state index is -0.302. The summed E-state index contributed by atoms with van der Waals surface area (Å²) in [5.41, 5.74) is 4.53. The molecule has 174 valence electrons. The van der Waals surface area contributed by atoms with E-state index in [4.69, 9.17) is 4.74 Å². The third-order valence-corrected chi connectivity index (χ3v) is 5.97. The number of carbonyl (C=O) groups excluding carboxylic acids is 2. The minimum absolute atomic E-state index is 0.0373. The number of amides is 1. The summed E-state index contributed by atoms with van der Waals surface area (Å²) in [5, 5.41) is 13.2. The number of aromatic nitrogens is 1. The molecule has 6 nitrogen and oxygen atoms in total. The van der Waals surface area contributed by atoms with Crippen molar-refractivity contribution in [1.82, 2.24) is 4.98 Å². The first-order valence-corrected chi connectivity index (χ1v) is 11.5. The van der Waals surface area contributed by atoms with Crippen molar-refractivity contribution in [3.8, 4) is 33.9 Å². The van der Waals surface area contributed by atoms with Gasteiger partial charge in [0.15, 0.2) is 5.78 Å². The molecule has 0 fully saturated rings. The molecule has 0 bridgehead atoms. The van der Waals surface area contributed by atoms with Crippen LogP contribution in [0.2, 0.25) is 0 Å². The summed E-state index contributed by atoms with van der Waals surface area (Å²) in [6.07, 6.45) is 0.922. The van der Waals surface area contributed by atoms with Crippen LogP contribution < -0.4 is 10.1 Å². The molecule has 2 N–H and O–H groups in total. The fourth-order valence-electron chi connectivity index (χ4n) is 4.16. The van der Waals surface area contributed by atoms with Gasteiger partial charge in [0, 0.05) is 36.0 Å². The number of phenolic OH excluding ortho intramolecular Hbond substituents is 1. The summed E-state index contributed by atoms with van der Waals surface area (Å²) in [5.74, 6) is 0.931. The molecular weight excluding hydrogens is 440 g/mol. The zero-order valence-electron chi connectivity index (χ0n) is 19.0. The lowest BCUT2D eigenvalue weighted by molar-refractivity contribution is -0.116. The van der Waals surface area contributed by atoms with E-state index >= 15 is 0 Å². The van der Waals surface area contributed by atoms with Gasteiger partial charge >= 0.3 is 0 Å². The Bertz CT molecular complexity index is 1400. The Morgan fingerprint density at radius 1 is 0.886 bits per heavy atom. The lowest BCUT2D eigenvalue weighted by Crippen LogP contribution is -2.14. The maximum absolute atomic E-state index is 12.7. The number of phenols is 1. The summed E-state index contributed by atoms with van der Waals surface area (Å²) in [7, 11) is 0. The number of benzene rings is 3. The smallest absolute Gasteiger partial charge is 0.225 e.